The number of halogens is 2. The van der Waals surface area contributed by atoms with E-state index in [1.807, 2.05) is 12.1 Å². The molecule has 0 aromatic heterocycles. The van der Waals surface area contributed by atoms with Gasteiger partial charge in [0.1, 0.15) is 0 Å². The summed E-state index contributed by atoms with van der Waals surface area (Å²) in [5.41, 5.74) is 0.998. The molecule has 0 bridgehead atoms. The van der Waals surface area contributed by atoms with Crippen molar-refractivity contribution in [2.75, 3.05) is 44.7 Å². The van der Waals surface area contributed by atoms with Gasteiger partial charge in [-0.05, 0) is 25.1 Å². The number of benzene rings is 1. The number of hydrogen-bond donors (Lipinski definition) is 0. The van der Waals surface area contributed by atoms with Crippen molar-refractivity contribution < 1.29 is 9.53 Å². The van der Waals surface area contributed by atoms with E-state index in [0.29, 0.717) is 16.5 Å². The van der Waals surface area contributed by atoms with Crippen LogP contribution in [0.1, 0.15) is 12.8 Å². The monoisotopic (exact) mass is 330 g/mol. The average molecular weight is 331 g/mol. The molecule has 1 aromatic carbocycles. The van der Waals surface area contributed by atoms with Crippen LogP contribution < -0.4 is 4.90 Å². The molecule has 1 fully saturated rings. The Morgan fingerprint density at radius 2 is 1.95 bits per heavy atom. The van der Waals surface area contributed by atoms with Crippen molar-refractivity contribution in [2.45, 2.75) is 12.8 Å². The Morgan fingerprint density at radius 3 is 2.62 bits per heavy atom. The highest BCUT2D eigenvalue weighted by Gasteiger charge is 2.19. The number of esters is 1. The van der Waals surface area contributed by atoms with Crippen molar-refractivity contribution in [3.8, 4) is 0 Å². The maximum atomic E-state index is 11.1. The Kier molecular flexibility index (Phi) is 6.15. The lowest BCUT2D eigenvalue weighted by molar-refractivity contribution is -0.140. The normalized spacial score (nSPS) is 16.0. The van der Waals surface area contributed by atoms with E-state index in [0.717, 1.165) is 44.8 Å². The number of carbonyl (C=O) groups excluding carboxylic acids is 1. The first-order valence-electron chi connectivity index (χ1n) is 7.10. The molecule has 21 heavy (non-hydrogen) atoms. The number of methoxy groups -OCH3 is 1. The number of ether oxygens (including phenoxy) is 1. The fraction of sp³-hybridized carbons (Fsp3) is 0.533. The number of nitrogens with zero attached hydrogens (tertiary/aromatic N) is 2. The van der Waals surface area contributed by atoms with Crippen LogP contribution in [0, 0.1) is 0 Å². The molecule has 0 N–H and O–H groups in total. The average Bonchev–Trinajstić information content (AvgIpc) is 2.51. The lowest BCUT2D eigenvalue weighted by Crippen LogP contribution is -2.46. The molecule has 0 spiro atoms. The fourth-order valence-corrected chi connectivity index (χ4v) is 2.91. The van der Waals surface area contributed by atoms with E-state index >= 15 is 0 Å². The van der Waals surface area contributed by atoms with Crippen molar-refractivity contribution in [3.63, 3.8) is 0 Å². The highest BCUT2D eigenvalue weighted by Crippen LogP contribution is 2.32. The molecule has 6 heteroatoms. The fourth-order valence-electron chi connectivity index (χ4n) is 2.50. The second kappa shape index (κ2) is 7.87. The SMILES string of the molecule is COC(=O)CCCN1CCN(c2cccc(Cl)c2Cl)CC1. The van der Waals surface area contributed by atoms with E-state index in [9.17, 15) is 4.79 Å². The van der Waals surface area contributed by atoms with E-state index in [1.165, 1.54) is 7.11 Å². The maximum Gasteiger partial charge on any atom is 0.305 e. The van der Waals surface area contributed by atoms with E-state index in [1.54, 1.807) is 6.07 Å². The number of rotatable bonds is 5. The van der Waals surface area contributed by atoms with Crippen molar-refractivity contribution >= 4 is 34.9 Å². The molecule has 0 radical (unpaired) electrons. The first kappa shape index (κ1) is 16.4. The smallest absolute Gasteiger partial charge is 0.305 e. The molecule has 1 aliphatic heterocycles. The van der Waals surface area contributed by atoms with Crippen LogP contribution in [0.25, 0.3) is 0 Å². The van der Waals surface area contributed by atoms with Crippen LogP contribution in [-0.4, -0.2) is 50.7 Å². The molecule has 0 saturated carbocycles. The summed E-state index contributed by atoms with van der Waals surface area (Å²) in [6.07, 6.45) is 1.32. The Bertz CT molecular complexity index is 489. The molecule has 0 unspecified atom stereocenters. The summed E-state index contributed by atoms with van der Waals surface area (Å²) in [5.74, 6) is -0.139. The summed E-state index contributed by atoms with van der Waals surface area (Å²) in [4.78, 5) is 15.7. The van der Waals surface area contributed by atoms with Gasteiger partial charge in [0, 0.05) is 32.6 Å². The summed E-state index contributed by atoms with van der Waals surface area (Å²) in [6.45, 7) is 4.68. The van der Waals surface area contributed by atoms with Crippen LogP contribution in [0.5, 0.6) is 0 Å². The minimum absolute atomic E-state index is 0.139. The van der Waals surface area contributed by atoms with Gasteiger partial charge >= 0.3 is 5.97 Å². The van der Waals surface area contributed by atoms with E-state index < -0.39 is 0 Å². The molecule has 1 heterocycles. The van der Waals surface area contributed by atoms with Gasteiger partial charge in [-0.1, -0.05) is 29.3 Å². The van der Waals surface area contributed by atoms with Crippen LogP contribution in [0.15, 0.2) is 18.2 Å². The van der Waals surface area contributed by atoms with Crippen molar-refractivity contribution in [2.24, 2.45) is 0 Å². The largest absolute Gasteiger partial charge is 0.469 e. The third-order valence-corrected chi connectivity index (χ3v) is 4.54. The van der Waals surface area contributed by atoms with Crippen molar-refractivity contribution in [3.05, 3.63) is 28.2 Å². The molecule has 2 rings (SSSR count). The second-order valence-electron chi connectivity index (χ2n) is 5.08. The Balaban J connectivity index is 1.80. The van der Waals surface area contributed by atoms with Crippen molar-refractivity contribution in [1.82, 2.24) is 4.90 Å². The zero-order valence-corrected chi connectivity index (χ0v) is 13.7. The highest BCUT2D eigenvalue weighted by molar-refractivity contribution is 6.43. The molecule has 4 nitrogen and oxygen atoms in total. The van der Waals surface area contributed by atoms with Crippen LogP contribution in [-0.2, 0) is 9.53 Å². The molecule has 1 aliphatic rings. The third-order valence-electron chi connectivity index (χ3n) is 3.73. The van der Waals surface area contributed by atoms with Crippen LogP contribution in [0.4, 0.5) is 5.69 Å². The topological polar surface area (TPSA) is 32.8 Å². The zero-order chi connectivity index (χ0) is 15.2. The van der Waals surface area contributed by atoms with Crippen LogP contribution in [0.2, 0.25) is 10.0 Å². The standard InChI is InChI=1S/C15H20Cl2N2O2/c1-21-14(20)6-3-7-18-8-10-19(11-9-18)13-5-2-4-12(16)15(13)17/h2,4-5H,3,6-11H2,1H3. The summed E-state index contributed by atoms with van der Waals surface area (Å²) in [6, 6.07) is 5.73. The first-order chi connectivity index (χ1) is 10.1. The van der Waals surface area contributed by atoms with E-state index in [2.05, 4.69) is 14.5 Å². The van der Waals surface area contributed by atoms with E-state index in [-0.39, 0.29) is 5.97 Å². The second-order valence-corrected chi connectivity index (χ2v) is 5.87. The first-order valence-corrected chi connectivity index (χ1v) is 7.85. The summed E-state index contributed by atoms with van der Waals surface area (Å²) in [5, 5.41) is 1.22. The minimum Gasteiger partial charge on any atom is -0.469 e. The van der Waals surface area contributed by atoms with Gasteiger partial charge in [-0.3, -0.25) is 9.69 Å². The predicted octanol–water partition coefficient (Wildman–Crippen LogP) is 3.07. The molecule has 1 saturated heterocycles. The number of piperazine rings is 1. The van der Waals surface area contributed by atoms with Gasteiger partial charge in [0.2, 0.25) is 0 Å². The van der Waals surface area contributed by atoms with Crippen LogP contribution >= 0.6 is 23.2 Å². The highest BCUT2D eigenvalue weighted by atomic mass is 35.5. The number of carbonyl (C=O) groups is 1. The van der Waals surface area contributed by atoms with Crippen molar-refractivity contribution in [1.29, 1.82) is 0 Å². The molecule has 116 valence electrons. The predicted molar refractivity (Wildman–Crippen MR) is 86.4 cm³/mol. The summed E-state index contributed by atoms with van der Waals surface area (Å²) >= 11 is 12.3. The third kappa shape index (κ3) is 4.50. The summed E-state index contributed by atoms with van der Waals surface area (Å²) in [7, 11) is 1.43. The number of anilines is 1. The minimum atomic E-state index is -0.139. The lowest BCUT2D eigenvalue weighted by atomic mass is 10.2. The summed E-state index contributed by atoms with van der Waals surface area (Å²) < 4.78 is 4.65. The van der Waals surface area contributed by atoms with Gasteiger partial charge in [0.25, 0.3) is 0 Å². The quantitative estimate of drug-likeness (QED) is 0.777. The molecule has 0 aliphatic carbocycles. The Hall–Kier alpha value is -0.970. The maximum absolute atomic E-state index is 11.1. The van der Waals surface area contributed by atoms with Gasteiger partial charge in [0.15, 0.2) is 0 Å². The molecule has 0 amide bonds. The van der Waals surface area contributed by atoms with Gasteiger partial charge in [0.05, 0.1) is 22.8 Å². The van der Waals surface area contributed by atoms with Gasteiger partial charge < -0.3 is 9.64 Å². The molecule has 0 atom stereocenters. The Morgan fingerprint density at radius 1 is 1.24 bits per heavy atom. The van der Waals surface area contributed by atoms with E-state index in [4.69, 9.17) is 23.2 Å². The lowest BCUT2D eigenvalue weighted by Gasteiger charge is -2.36. The number of hydrogen-bond acceptors (Lipinski definition) is 4. The molecule has 1 aromatic rings. The zero-order valence-electron chi connectivity index (χ0n) is 12.1. The molecular formula is C15H20Cl2N2O2. The Labute approximate surface area is 135 Å². The van der Waals surface area contributed by atoms with Crippen LogP contribution in [0.3, 0.4) is 0 Å². The van der Waals surface area contributed by atoms with Gasteiger partial charge in [-0.15, -0.1) is 0 Å². The van der Waals surface area contributed by atoms with Gasteiger partial charge in [-0.25, -0.2) is 0 Å². The van der Waals surface area contributed by atoms with Gasteiger partial charge in [-0.2, -0.15) is 0 Å². The molecular weight excluding hydrogens is 311 g/mol.